The first-order valence-electron chi connectivity index (χ1n) is 7.33. The highest BCUT2D eigenvalue weighted by molar-refractivity contribution is 5.29. The van der Waals surface area contributed by atoms with Crippen molar-refractivity contribution in [2.45, 2.75) is 12.1 Å². The second-order valence-corrected chi connectivity index (χ2v) is 5.34. The Morgan fingerprint density at radius 3 is 2.18 bits per heavy atom. The number of ether oxygens (including phenoxy) is 1. The molecule has 22 heavy (non-hydrogen) atoms. The number of methoxy groups -OCH3 is 1. The highest BCUT2D eigenvalue weighted by Gasteiger charge is 2.19. The molecule has 4 heteroatoms. The first-order chi connectivity index (χ1) is 10.7. The van der Waals surface area contributed by atoms with E-state index in [4.69, 9.17) is 4.74 Å². The molecule has 0 aliphatic heterocycles. The molecule has 2 atom stereocenters. The molecule has 0 spiro atoms. The van der Waals surface area contributed by atoms with Gasteiger partial charge in [0.05, 0.1) is 25.9 Å². The topological polar surface area (TPSA) is 52.9 Å². The van der Waals surface area contributed by atoms with Crippen molar-refractivity contribution < 1.29 is 14.9 Å². The lowest BCUT2D eigenvalue weighted by Crippen LogP contribution is -2.31. The molecule has 0 fully saturated rings. The van der Waals surface area contributed by atoms with Gasteiger partial charge in [0.15, 0.2) is 0 Å². The fourth-order valence-electron chi connectivity index (χ4n) is 2.51. The van der Waals surface area contributed by atoms with Crippen LogP contribution in [0.2, 0.25) is 0 Å². The number of benzene rings is 2. The van der Waals surface area contributed by atoms with Crippen LogP contribution in [0.1, 0.15) is 23.3 Å². The number of hydrogen-bond donors (Lipinski definition) is 2. The van der Waals surface area contributed by atoms with Crippen molar-refractivity contribution in [2.75, 3.05) is 27.3 Å². The average molecular weight is 301 g/mol. The lowest BCUT2D eigenvalue weighted by atomic mass is 10.0. The van der Waals surface area contributed by atoms with Crippen molar-refractivity contribution in [3.8, 4) is 5.75 Å². The number of nitrogens with zero attached hydrogens (tertiary/aromatic N) is 1. The summed E-state index contributed by atoms with van der Waals surface area (Å²) in [7, 11) is 3.53. The molecule has 0 aliphatic rings. The standard InChI is InChI=1S/C18H23NO3/c1-19(12-18(21)15-6-4-3-5-7-15)17(13-20)14-8-10-16(22-2)11-9-14/h3-11,17-18,20-21H,12-13H2,1-2H3/t17-,18+/m0/s1. The van der Waals surface area contributed by atoms with Gasteiger partial charge < -0.3 is 14.9 Å². The van der Waals surface area contributed by atoms with Crippen LogP contribution in [0.3, 0.4) is 0 Å². The zero-order valence-corrected chi connectivity index (χ0v) is 13.0. The predicted molar refractivity (Wildman–Crippen MR) is 86.9 cm³/mol. The van der Waals surface area contributed by atoms with Crippen LogP contribution >= 0.6 is 0 Å². The van der Waals surface area contributed by atoms with E-state index >= 15 is 0 Å². The third-order valence-electron chi connectivity index (χ3n) is 3.85. The van der Waals surface area contributed by atoms with E-state index in [1.165, 1.54) is 0 Å². The van der Waals surface area contributed by atoms with Gasteiger partial charge in [-0.2, -0.15) is 0 Å². The fraction of sp³-hybridized carbons (Fsp3) is 0.333. The summed E-state index contributed by atoms with van der Waals surface area (Å²) in [5.41, 5.74) is 1.87. The van der Waals surface area contributed by atoms with E-state index in [0.717, 1.165) is 16.9 Å². The zero-order valence-electron chi connectivity index (χ0n) is 13.0. The van der Waals surface area contributed by atoms with Crippen LogP contribution in [0.25, 0.3) is 0 Å². The SMILES string of the molecule is COc1ccc([C@H](CO)N(C)C[C@@H](O)c2ccccc2)cc1. The maximum absolute atomic E-state index is 10.3. The molecule has 4 nitrogen and oxygen atoms in total. The molecule has 2 N–H and O–H groups in total. The molecule has 0 unspecified atom stereocenters. The predicted octanol–water partition coefficient (Wildman–Crippen LogP) is 2.39. The highest BCUT2D eigenvalue weighted by atomic mass is 16.5. The van der Waals surface area contributed by atoms with Gasteiger partial charge in [-0.25, -0.2) is 0 Å². The summed E-state index contributed by atoms with van der Waals surface area (Å²) >= 11 is 0. The summed E-state index contributed by atoms with van der Waals surface area (Å²) in [6.07, 6.45) is -0.585. The largest absolute Gasteiger partial charge is 0.497 e. The van der Waals surface area contributed by atoms with E-state index in [2.05, 4.69) is 0 Å². The average Bonchev–Trinajstić information content (AvgIpc) is 2.57. The molecular formula is C18H23NO3. The molecule has 0 heterocycles. The Kier molecular flexibility index (Phi) is 5.95. The fourth-order valence-corrected chi connectivity index (χ4v) is 2.51. The molecule has 0 aliphatic carbocycles. The molecule has 2 aromatic carbocycles. The zero-order chi connectivity index (χ0) is 15.9. The minimum atomic E-state index is -0.585. The molecule has 118 valence electrons. The first kappa shape index (κ1) is 16.5. The minimum absolute atomic E-state index is 0.00958. The van der Waals surface area contributed by atoms with Crippen LogP contribution in [0.4, 0.5) is 0 Å². The molecule has 0 bridgehead atoms. The summed E-state index contributed by atoms with van der Waals surface area (Å²) in [5, 5.41) is 20.0. The molecule has 2 rings (SSSR count). The number of rotatable bonds is 7. The maximum Gasteiger partial charge on any atom is 0.118 e. The molecule has 2 aromatic rings. The van der Waals surface area contributed by atoms with Gasteiger partial charge in [-0.05, 0) is 30.3 Å². The maximum atomic E-state index is 10.3. The first-order valence-corrected chi connectivity index (χ1v) is 7.33. The van der Waals surface area contributed by atoms with E-state index in [1.54, 1.807) is 7.11 Å². The Balaban J connectivity index is 2.06. The quantitative estimate of drug-likeness (QED) is 0.824. The van der Waals surface area contributed by atoms with Crippen LogP contribution in [0.5, 0.6) is 5.75 Å². The van der Waals surface area contributed by atoms with Crippen LogP contribution < -0.4 is 4.74 Å². The van der Waals surface area contributed by atoms with Crippen LogP contribution in [-0.4, -0.2) is 42.4 Å². The summed E-state index contributed by atoms with van der Waals surface area (Å²) in [4.78, 5) is 1.96. The monoisotopic (exact) mass is 301 g/mol. The Morgan fingerprint density at radius 2 is 1.64 bits per heavy atom. The van der Waals surface area contributed by atoms with Crippen molar-refractivity contribution in [1.82, 2.24) is 4.90 Å². The highest BCUT2D eigenvalue weighted by Crippen LogP contribution is 2.24. The Hall–Kier alpha value is -1.88. The molecule has 0 saturated carbocycles. The lowest BCUT2D eigenvalue weighted by molar-refractivity contribution is 0.0795. The van der Waals surface area contributed by atoms with Crippen molar-refractivity contribution in [3.63, 3.8) is 0 Å². The van der Waals surface area contributed by atoms with Gasteiger partial charge in [0.1, 0.15) is 5.75 Å². The third-order valence-corrected chi connectivity index (χ3v) is 3.85. The Labute approximate surface area is 131 Å². The third kappa shape index (κ3) is 4.07. The van der Waals surface area contributed by atoms with Gasteiger partial charge >= 0.3 is 0 Å². The molecular weight excluding hydrogens is 278 g/mol. The van der Waals surface area contributed by atoms with Gasteiger partial charge in [0.2, 0.25) is 0 Å². The number of aliphatic hydroxyl groups excluding tert-OH is 2. The number of likely N-dealkylation sites (N-methyl/N-ethyl adjacent to an activating group) is 1. The summed E-state index contributed by atoms with van der Waals surface area (Å²) in [5.74, 6) is 0.785. The van der Waals surface area contributed by atoms with E-state index < -0.39 is 6.10 Å². The van der Waals surface area contributed by atoms with E-state index in [0.29, 0.717) is 6.54 Å². The van der Waals surface area contributed by atoms with Gasteiger partial charge in [-0.3, -0.25) is 4.90 Å². The molecule has 0 radical (unpaired) electrons. The van der Waals surface area contributed by atoms with E-state index in [9.17, 15) is 10.2 Å². The van der Waals surface area contributed by atoms with Crippen molar-refractivity contribution in [1.29, 1.82) is 0 Å². The smallest absolute Gasteiger partial charge is 0.118 e. The summed E-state index contributed by atoms with van der Waals surface area (Å²) in [6.45, 7) is 0.436. The molecule has 0 amide bonds. The van der Waals surface area contributed by atoms with E-state index in [-0.39, 0.29) is 12.6 Å². The number of aliphatic hydroxyl groups is 2. The van der Waals surface area contributed by atoms with Crippen molar-refractivity contribution >= 4 is 0 Å². The normalized spacial score (nSPS) is 13.9. The van der Waals surface area contributed by atoms with Crippen LogP contribution in [0.15, 0.2) is 54.6 Å². The second kappa shape index (κ2) is 7.94. The van der Waals surface area contributed by atoms with Gasteiger partial charge in [-0.15, -0.1) is 0 Å². The van der Waals surface area contributed by atoms with Gasteiger partial charge in [0.25, 0.3) is 0 Å². The van der Waals surface area contributed by atoms with Crippen molar-refractivity contribution in [3.05, 3.63) is 65.7 Å². The second-order valence-electron chi connectivity index (χ2n) is 5.34. The Bertz CT molecular complexity index is 556. The number of hydrogen-bond acceptors (Lipinski definition) is 4. The summed E-state index contributed by atoms with van der Waals surface area (Å²) < 4.78 is 5.15. The lowest BCUT2D eigenvalue weighted by Gasteiger charge is -2.29. The van der Waals surface area contributed by atoms with Crippen molar-refractivity contribution in [2.24, 2.45) is 0 Å². The molecule has 0 saturated heterocycles. The summed E-state index contributed by atoms with van der Waals surface area (Å²) in [6, 6.07) is 17.0. The minimum Gasteiger partial charge on any atom is -0.497 e. The van der Waals surface area contributed by atoms with E-state index in [1.807, 2.05) is 66.5 Å². The van der Waals surface area contributed by atoms with Crippen LogP contribution in [0, 0.1) is 0 Å². The van der Waals surface area contributed by atoms with Crippen LogP contribution in [-0.2, 0) is 0 Å². The molecule has 0 aromatic heterocycles. The van der Waals surface area contributed by atoms with Gasteiger partial charge in [0, 0.05) is 6.54 Å². The Morgan fingerprint density at radius 1 is 1.00 bits per heavy atom. The van der Waals surface area contributed by atoms with Gasteiger partial charge in [-0.1, -0.05) is 42.5 Å².